The van der Waals surface area contributed by atoms with E-state index in [1.54, 1.807) is 0 Å². The van der Waals surface area contributed by atoms with Crippen LogP contribution in [0.15, 0.2) is 59.8 Å². The lowest BCUT2D eigenvalue weighted by atomic mass is 9.76. The Bertz CT molecular complexity index is 932. The first-order chi connectivity index (χ1) is 14.4. The van der Waals surface area contributed by atoms with Gasteiger partial charge in [0.25, 0.3) is 5.91 Å². The molecule has 1 aliphatic heterocycles. The number of benzene rings is 1. The molecule has 1 saturated carbocycles. The standard InChI is InChI=1S/C23H24F3N3O/c24-23(25,26)20-8-4-7-18(29-20)13-19-21(27-14-28-22(19)30)17-11-9-16(10-12-17)15-5-2-1-3-6-15/h1-8,16-17,27H,9-14H2,(H,28,30). The second-order valence-corrected chi connectivity index (χ2v) is 7.90. The Morgan fingerprint density at radius 1 is 0.900 bits per heavy atom. The number of pyridine rings is 1. The van der Waals surface area contributed by atoms with Crippen molar-refractivity contribution in [3.8, 4) is 0 Å². The molecule has 30 heavy (non-hydrogen) atoms. The monoisotopic (exact) mass is 415 g/mol. The van der Waals surface area contributed by atoms with E-state index in [2.05, 4.69) is 39.9 Å². The fourth-order valence-electron chi connectivity index (χ4n) is 4.48. The summed E-state index contributed by atoms with van der Waals surface area (Å²) >= 11 is 0. The molecule has 2 heterocycles. The summed E-state index contributed by atoms with van der Waals surface area (Å²) in [6.45, 7) is 0.340. The number of alkyl halides is 3. The lowest BCUT2D eigenvalue weighted by Gasteiger charge is -2.34. The molecule has 1 aromatic heterocycles. The number of nitrogens with zero attached hydrogens (tertiary/aromatic N) is 1. The number of aromatic nitrogens is 1. The van der Waals surface area contributed by atoms with Gasteiger partial charge in [0.15, 0.2) is 0 Å². The van der Waals surface area contributed by atoms with Gasteiger partial charge >= 0.3 is 6.18 Å². The normalized spacial score (nSPS) is 22.4. The molecule has 2 aliphatic rings. The third-order valence-electron chi connectivity index (χ3n) is 5.99. The molecule has 1 aliphatic carbocycles. The second kappa shape index (κ2) is 8.50. The van der Waals surface area contributed by atoms with E-state index in [9.17, 15) is 18.0 Å². The summed E-state index contributed by atoms with van der Waals surface area (Å²) < 4.78 is 39.0. The number of hydrogen-bond acceptors (Lipinski definition) is 3. The van der Waals surface area contributed by atoms with E-state index in [1.165, 1.54) is 17.7 Å². The number of nitrogens with one attached hydrogen (secondary N) is 2. The highest BCUT2D eigenvalue weighted by Gasteiger charge is 2.33. The highest BCUT2D eigenvalue weighted by molar-refractivity contribution is 5.95. The van der Waals surface area contributed by atoms with Gasteiger partial charge in [-0.2, -0.15) is 13.2 Å². The van der Waals surface area contributed by atoms with Crippen molar-refractivity contribution in [2.45, 2.75) is 44.2 Å². The van der Waals surface area contributed by atoms with E-state index in [-0.39, 0.29) is 23.9 Å². The molecule has 4 nitrogen and oxygen atoms in total. The Balaban J connectivity index is 1.53. The zero-order valence-corrected chi connectivity index (χ0v) is 16.5. The molecule has 158 valence electrons. The molecule has 2 N–H and O–H groups in total. The summed E-state index contributed by atoms with van der Waals surface area (Å²) in [4.78, 5) is 16.3. The predicted molar refractivity (Wildman–Crippen MR) is 107 cm³/mol. The van der Waals surface area contributed by atoms with Crippen molar-refractivity contribution >= 4 is 5.91 Å². The first kappa shape index (κ1) is 20.4. The summed E-state index contributed by atoms with van der Waals surface area (Å²) in [6, 6.07) is 14.2. The van der Waals surface area contributed by atoms with Crippen LogP contribution in [0, 0.1) is 5.92 Å². The van der Waals surface area contributed by atoms with E-state index in [1.807, 2.05) is 6.07 Å². The van der Waals surface area contributed by atoms with Crippen molar-refractivity contribution in [3.05, 3.63) is 76.8 Å². The molecular formula is C23H24F3N3O. The second-order valence-electron chi connectivity index (χ2n) is 7.90. The Morgan fingerprint density at radius 3 is 2.30 bits per heavy atom. The summed E-state index contributed by atoms with van der Waals surface area (Å²) in [5.74, 6) is 0.485. The summed E-state index contributed by atoms with van der Waals surface area (Å²) in [5.41, 5.74) is 2.01. The van der Waals surface area contributed by atoms with Gasteiger partial charge in [-0.15, -0.1) is 0 Å². The third kappa shape index (κ3) is 4.50. The fraction of sp³-hybridized carbons (Fsp3) is 0.391. The number of carbonyl (C=O) groups excluding carboxylic acids is 1. The summed E-state index contributed by atoms with van der Waals surface area (Å²) in [7, 11) is 0. The maximum atomic E-state index is 13.0. The first-order valence-corrected chi connectivity index (χ1v) is 10.2. The van der Waals surface area contributed by atoms with Crippen molar-refractivity contribution < 1.29 is 18.0 Å². The Morgan fingerprint density at radius 2 is 1.60 bits per heavy atom. The lowest BCUT2D eigenvalue weighted by Crippen LogP contribution is -2.44. The molecule has 1 amide bonds. The number of rotatable bonds is 4. The third-order valence-corrected chi connectivity index (χ3v) is 5.99. The molecule has 0 bridgehead atoms. The van der Waals surface area contributed by atoms with Gasteiger partial charge in [0.2, 0.25) is 0 Å². The molecule has 2 aromatic rings. The first-order valence-electron chi connectivity index (χ1n) is 10.2. The van der Waals surface area contributed by atoms with Crippen molar-refractivity contribution in [2.24, 2.45) is 5.92 Å². The minimum Gasteiger partial charge on any atom is -0.371 e. The van der Waals surface area contributed by atoms with Gasteiger partial charge in [-0.25, -0.2) is 4.98 Å². The van der Waals surface area contributed by atoms with Gasteiger partial charge in [0, 0.05) is 23.4 Å². The van der Waals surface area contributed by atoms with Gasteiger partial charge in [0.1, 0.15) is 5.69 Å². The van der Waals surface area contributed by atoms with E-state index >= 15 is 0 Å². The molecule has 0 saturated heterocycles. The van der Waals surface area contributed by atoms with Crippen molar-refractivity contribution in [2.75, 3.05) is 6.67 Å². The van der Waals surface area contributed by atoms with Crippen LogP contribution >= 0.6 is 0 Å². The van der Waals surface area contributed by atoms with Crippen LogP contribution in [0.5, 0.6) is 0 Å². The highest BCUT2D eigenvalue weighted by Crippen LogP contribution is 2.39. The average molecular weight is 415 g/mol. The van der Waals surface area contributed by atoms with Gasteiger partial charge in [0.05, 0.1) is 6.67 Å². The van der Waals surface area contributed by atoms with Crippen molar-refractivity contribution in [1.82, 2.24) is 15.6 Å². The minimum atomic E-state index is -4.50. The zero-order valence-electron chi connectivity index (χ0n) is 16.5. The van der Waals surface area contributed by atoms with E-state index in [0.717, 1.165) is 37.4 Å². The van der Waals surface area contributed by atoms with Crippen LogP contribution in [0.3, 0.4) is 0 Å². The van der Waals surface area contributed by atoms with Gasteiger partial charge in [-0.3, -0.25) is 4.79 Å². The topological polar surface area (TPSA) is 54.0 Å². The Hall–Kier alpha value is -2.83. The number of allylic oxidation sites excluding steroid dienone is 1. The van der Waals surface area contributed by atoms with Crippen LogP contribution in [0.2, 0.25) is 0 Å². The fourth-order valence-corrected chi connectivity index (χ4v) is 4.48. The molecule has 1 fully saturated rings. The molecule has 7 heteroatoms. The zero-order chi connectivity index (χ0) is 21.1. The smallest absolute Gasteiger partial charge is 0.371 e. The van der Waals surface area contributed by atoms with E-state index in [4.69, 9.17) is 0 Å². The van der Waals surface area contributed by atoms with E-state index in [0.29, 0.717) is 18.2 Å². The lowest BCUT2D eigenvalue weighted by molar-refractivity contribution is -0.141. The molecule has 1 aromatic carbocycles. The Labute approximate surface area is 173 Å². The SMILES string of the molecule is O=C1NCNC(C2CCC(c3ccccc3)CC2)=C1Cc1cccc(C(F)(F)F)n1. The maximum absolute atomic E-state index is 13.0. The summed E-state index contributed by atoms with van der Waals surface area (Å²) in [6.07, 6.45) is -0.497. The quantitative estimate of drug-likeness (QED) is 0.771. The van der Waals surface area contributed by atoms with Crippen LogP contribution in [-0.2, 0) is 17.4 Å². The minimum absolute atomic E-state index is 0.0801. The van der Waals surface area contributed by atoms with Gasteiger partial charge in [-0.1, -0.05) is 36.4 Å². The van der Waals surface area contributed by atoms with Gasteiger partial charge in [-0.05, 0) is 55.2 Å². The highest BCUT2D eigenvalue weighted by atomic mass is 19.4. The molecular weight excluding hydrogens is 391 g/mol. The van der Waals surface area contributed by atoms with Crippen LogP contribution in [0.25, 0.3) is 0 Å². The largest absolute Gasteiger partial charge is 0.433 e. The number of hydrogen-bond donors (Lipinski definition) is 2. The van der Waals surface area contributed by atoms with Crippen LogP contribution in [0.4, 0.5) is 13.2 Å². The van der Waals surface area contributed by atoms with Crippen molar-refractivity contribution in [3.63, 3.8) is 0 Å². The molecule has 4 rings (SSSR count). The molecule has 0 spiro atoms. The van der Waals surface area contributed by atoms with Crippen LogP contribution in [-0.4, -0.2) is 17.6 Å². The van der Waals surface area contributed by atoms with Crippen LogP contribution < -0.4 is 10.6 Å². The number of halogens is 3. The average Bonchev–Trinajstić information content (AvgIpc) is 2.76. The summed E-state index contributed by atoms with van der Waals surface area (Å²) in [5, 5.41) is 6.03. The van der Waals surface area contributed by atoms with Crippen LogP contribution in [0.1, 0.15) is 48.6 Å². The number of carbonyl (C=O) groups is 1. The molecule has 0 atom stereocenters. The molecule has 0 radical (unpaired) electrons. The Kier molecular flexibility index (Phi) is 5.79. The van der Waals surface area contributed by atoms with Gasteiger partial charge < -0.3 is 10.6 Å². The number of amides is 1. The van der Waals surface area contributed by atoms with Crippen molar-refractivity contribution in [1.29, 1.82) is 0 Å². The molecule has 0 unspecified atom stereocenters. The van der Waals surface area contributed by atoms with E-state index < -0.39 is 11.9 Å². The predicted octanol–water partition coefficient (Wildman–Crippen LogP) is 4.55. The maximum Gasteiger partial charge on any atom is 0.433 e.